The normalized spacial score (nSPS) is 14.9. The summed E-state index contributed by atoms with van der Waals surface area (Å²) in [6.45, 7) is 1.80. The van der Waals surface area contributed by atoms with Crippen molar-refractivity contribution in [2.75, 3.05) is 44.6 Å². The van der Waals surface area contributed by atoms with Crippen LogP contribution in [0.15, 0.2) is 48.7 Å². The molecule has 2 heterocycles. The lowest BCUT2D eigenvalue weighted by atomic mass is 9.97. The fourth-order valence-corrected chi connectivity index (χ4v) is 4.30. The first-order chi connectivity index (χ1) is 18.0. The molecule has 192 valence electrons. The third kappa shape index (κ3) is 6.19. The van der Waals surface area contributed by atoms with E-state index in [1.807, 2.05) is 18.2 Å². The van der Waals surface area contributed by atoms with E-state index in [1.165, 1.54) is 0 Å². The zero-order valence-electron chi connectivity index (χ0n) is 21.2. The van der Waals surface area contributed by atoms with Crippen molar-refractivity contribution in [3.63, 3.8) is 0 Å². The number of aromatic nitrogens is 2. The van der Waals surface area contributed by atoms with Gasteiger partial charge in [-0.2, -0.15) is 10.2 Å². The molecular weight excluding hydrogens is 472 g/mol. The second-order valence-corrected chi connectivity index (χ2v) is 8.59. The second kappa shape index (κ2) is 11.9. The molecule has 1 aliphatic heterocycles. The number of rotatable bonds is 9. The van der Waals surface area contributed by atoms with Crippen molar-refractivity contribution < 1.29 is 19.0 Å². The first-order valence-electron chi connectivity index (χ1n) is 12.0. The minimum absolute atomic E-state index is 0.0129. The highest BCUT2D eigenvalue weighted by molar-refractivity contribution is 5.79. The molecule has 1 atom stereocenters. The topological polar surface area (TPSA) is 122 Å². The summed E-state index contributed by atoms with van der Waals surface area (Å²) in [5, 5.41) is 15.2. The number of carbonyl (C=O) groups is 1. The molecule has 4 rings (SSSR count). The van der Waals surface area contributed by atoms with Crippen molar-refractivity contribution >= 4 is 23.4 Å². The molecule has 0 spiro atoms. The molecule has 10 nitrogen and oxygen atoms in total. The molecule has 1 amide bonds. The number of carbonyl (C=O) groups excluding carboxylic acids is 1. The first-order valence-corrected chi connectivity index (χ1v) is 12.0. The summed E-state index contributed by atoms with van der Waals surface area (Å²) in [4.78, 5) is 24.0. The predicted octanol–water partition coefficient (Wildman–Crippen LogP) is 3.65. The molecule has 1 aliphatic rings. The Morgan fingerprint density at radius 2 is 1.84 bits per heavy atom. The highest BCUT2D eigenvalue weighted by Gasteiger charge is 2.26. The zero-order valence-corrected chi connectivity index (χ0v) is 21.2. The number of nitrogens with one attached hydrogen (secondary N) is 2. The van der Waals surface area contributed by atoms with Crippen molar-refractivity contribution in [2.45, 2.75) is 19.4 Å². The summed E-state index contributed by atoms with van der Waals surface area (Å²) >= 11 is 0. The maximum absolute atomic E-state index is 12.9. The van der Waals surface area contributed by atoms with Crippen LogP contribution in [0.4, 0.5) is 17.5 Å². The van der Waals surface area contributed by atoms with Crippen LogP contribution >= 0.6 is 0 Å². The van der Waals surface area contributed by atoms with Crippen LogP contribution in [0.5, 0.6) is 17.2 Å². The number of nitriles is 1. The lowest BCUT2D eigenvalue weighted by molar-refractivity contribution is -0.125. The smallest absolute Gasteiger partial charge is 0.229 e. The van der Waals surface area contributed by atoms with Crippen molar-refractivity contribution in [2.24, 2.45) is 5.92 Å². The van der Waals surface area contributed by atoms with Crippen molar-refractivity contribution in [1.82, 2.24) is 15.3 Å². The van der Waals surface area contributed by atoms with Crippen LogP contribution in [0.25, 0.3) is 0 Å². The third-order valence-corrected chi connectivity index (χ3v) is 6.23. The van der Waals surface area contributed by atoms with Crippen molar-refractivity contribution in [3.05, 3.63) is 59.8 Å². The molecular formula is C27H30N6O4. The summed E-state index contributed by atoms with van der Waals surface area (Å²) in [5.74, 6) is 2.57. The summed E-state index contributed by atoms with van der Waals surface area (Å²) in [6.07, 6.45) is 3.39. The number of amides is 1. The van der Waals surface area contributed by atoms with E-state index in [9.17, 15) is 4.79 Å². The Morgan fingerprint density at radius 1 is 1.11 bits per heavy atom. The number of nitrogens with zero attached hydrogens (tertiary/aromatic N) is 4. The van der Waals surface area contributed by atoms with E-state index in [0.717, 1.165) is 30.8 Å². The molecule has 2 aromatic carbocycles. The van der Waals surface area contributed by atoms with Gasteiger partial charge in [0.25, 0.3) is 0 Å². The van der Waals surface area contributed by atoms with Crippen LogP contribution in [0.3, 0.4) is 0 Å². The molecule has 1 saturated heterocycles. The molecule has 37 heavy (non-hydrogen) atoms. The van der Waals surface area contributed by atoms with E-state index in [-0.39, 0.29) is 11.8 Å². The van der Waals surface area contributed by atoms with Crippen LogP contribution in [0.1, 0.15) is 24.0 Å². The van der Waals surface area contributed by atoms with Gasteiger partial charge in [-0.1, -0.05) is 12.1 Å². The molecule has 10 heteroatoms. The van der Waals surface area contributed by atoms with E-state index < -0.39 is 0 Å². The van der Waals surface area contributed by atoms with Crippen LogP contribution in [-0.2, 0) is 11.3 Å². The van der Waals surface area contributed by atoms with Crippen molar-refractivity contribution in [1.29, 1.82) is 5.26 Å². The highest BCUT2D eigenvalue weighted by atomic mass is 16.5. The van der Waals surface area contributed by atoms with E-state index >= 15 is 0 Å². The van der Waals surface area contributed by atoms with Gasteiger partial charge in [0.1, 0.15) is 5.82 Å². The fraction of sp³-hybridized carbons (Fsp3) is 0.333. The van der Waals surface area contributed by atoms with Gasteiger partial charge in [0.05, 0.1) is 38.9 Å². The van der Waals surface area contributed by atoms with Gasteiger partial charge in [-0.15, -0.1) is 0 Å². The number of ether oxygens (including phenoxy) is 3. The summed E-state index contributed by atoms with van der Waals surface area (Å²) < 4.78 is 16.2. The van der Waals surface area contributed by atoms with E-state index in [1.54, 1.807) is 51.8 Å². The Balaban J connectivity index is 1.41. The van der Waals surface area contributed by atoms with Gasteiger partial charge in [-0.25, -0.2) is 4.98 Å². The fourth-order valence-electron chi connectivity index (χ4n) is 4.30. The SMILES string of the molecule is COc1cc(Nc2nccc(N3CCC[C@H](C(=O)NCc4ccc(C#N)cc4)C3)n2)cc(OC)c1OC. The van der Waals surface area contributed by atoms with Gasteiger partial charge in [-0.3, -0.25) is 4.79 Å². The number of anilines is 3. The monoisotopic (exact) mass is 502 g/mol. The second-order valence-electron chi connectivity index (χ2n) is 8.59. The Kier molecular flexibility index (Phi) is 8.26. The molecule has 0 bridgehead atoms. The number of piperidine rings is 1. The van der Waals surface area contributed by atoms with Gasteiger partial charge in [-0.05, 0) is 36.6 Å². The number of hydrogen-bond acceptors (Lipinski definition) is 9. The van der Waals surface area contributed by atoms with E-state index in [4.69, 9.17) is 19.5 Å². The number of methoxy groups -OCH3 is 3. The van der Waals surface area contributed by atoms with Gasteiger partial charge in [0.2, 0.25) is 17.6 Å². The van der Waals surface area contributed by atoms with Gasteiger partial charge >= 0.3 is 0 Å². The van der Waals surface area contributed by atoms with Gasteiger partial charge < -0.3 is 29.7 Å². The molecule has 1 aromatic heterocycles. The quantitative estimate of drug-likeness (QED) is 0.451. The average Bonchev–Trinajstić information content (AvgIpc) is 2.95. The molecule has 0 unspecified atom stereocenters. The molecule has 0 aliphatic carbocycles. The van der Waals surface area contributed by atoms with Crippen LogP contribution in [0, 0.1) is 17.2 Å². The first kappa shape index (κ1) is 25.6. The minimum Gasteiger partial charge on any atom is -0.493 e. The highest BCUT2D eigenvalue weighted by Crippen LogP contribution is 2.40. The minimum atomic E-state index is -0.145. The molecule has 0 saturated carbocycles. The number of benzene rings is 2. The predicted molar refractivity (Wildman–Crippen MR) is 139 cm³/mol. The third-order valence-electron chi connectivity index (χ3n) is 6.23. The average molecular weight is 503 g/mol. The Hall–Kier alpha value is -4.52. The summed E-state index contributed by atoms with van der Waals surface area (Å²) in [6, 6.07) is 14.7. The maximum Gasteiger partial charge on any atom is 0.229 e. The summed E-state index contributed by atoms with van der Waals surface area (Å²) in [5.41, 5.74) is 2.24. The Morgan fingerprint density at radius 3 is 2.49 bits per heavy atom. The molecule has 0 radical (unpaired) electrons. The molecule has 1 fully saturated rings. The van der Waals surface area contributed by atoms with Crippen LogP contribution in [-0.4, -0.2) is 50.3 Å². The van der Waals surface area contributed by atoms with Crippen LogP contribution < -0.4 is 29.7 Å². The Bertz CT molecular complexity index is 1250. The van der Waals surface area contributed by atoms with Gasteiger partial charge in [0.15, 0.2) is 11.5 Å². The largest absolute Gasteiger partial charge is 0.493 e. The number of hydrogen-bond donors (Lipinski definition) is 2. The van der Waals surface area contributed by atoms with Gasteiger partial charge in [0, 0.05) is 43.7 Å². The lowest BCUT2D eigenvalue weighted by Crippen LogP contribution is -2.43. The summed E-state index contributed by atoms with van der Waals surface area (Å²) in [7, 11) is 4.68. The maximum atomic E-state index is 12.9. The van der Waals surface area contributed by atoms with Crippen molar-refractivity contribution in [3.8, 4) is 23.3 Å². The van der Waals surface area contributed by atoms with E-state index in [0.29, 0.717) is 47.5 Å². The van der Waals surface area contributed by atoms with E-state index in [2.05, 4.69) is 31.6 Å². The van der Waals surface area contributed by atoms with Crippen LogP contribution in [0.2, 0.25) is 0 Å². The molecule has 3 aromatic rings. The zero-order chi connectivity index (χ0) is 26.2. The standard InChI is InChI=1S/C27H30N6O4/c1-35-22-13-21(14-23(36-2)25(22)37-3)31-27-29-11-10-24(32-27)33-12-4-5-20(17-33)26(34)30-16-19-8-6-18(15-28)7-9-19/h6-11,13-14,20H,4-5,12,16-17H2,1-3H3,(H,30,34)(H,29,31,32)/t20-/m0/s1. The lowest BCUT2D eigenvalue weighted by Gasteiger charge is -2.33. The Labute approximate surface area is 216 Å². The molecule has 2 N–H and O–H groups in total.